The van der Waals surface area contributed by atoms with Crippen molar-refractivity contribution >= 4 is 5.82 Å². The molecule has 5 rings (SSSR count). The van der Waals surface area contributed by atoms with E-state index in [2.05, 4.69) is 25.5 Å². The van der Waals surface area contributed by atoms with E-state index in [1.165, 1.54) is 31.4 Å². The fourth-order valence-corrected chi connectivity index (χ4v) is 5.22. The van der Waals surface area contributed by atoms with Crippen molar-refractivity contribution in [1.82, 2.24) is 30.0 Å². The van der Waals surface area contributed by atoms with Gasteiger partial charge >= 0.3 is 5.69 Å². The lowest BCUT2D eigenvalue weighted by Crippen LogP contribution is -2.68. The minimum absolute atomic E-state index is 0.160. The zero-order chi connectivity index (χ0) is 24.9. The largest absolute Gasteiger partial charge is 0.507 e. The van der Waals surface area contributed by atoms with Crippen molar-refractivity contribution in [3.63, 3.8) is 0 Å². The van der Waals surface area contributed by atoms with Crippen molar-refractivity contribution < 1.29 is 13.9 Å². The van der Waals surface area contributed by atoms with Gasteiger partial charge in [0.25, 0.3) is 0 Å². The highest BCUT2D eigenvalue weighted by atomic mass is 19.1. The van der Waals surface area contributed by atoms with Gasteiger partial charge in [0.1, 0.15) is 17.6 Å². The molecular formula is C24H27F2N7O2. The van der Waals surface area contributed by atoms with E-state index in [0.29, 0.717) is 12.2 Å². The molecule has 2 saturated heterocycles. The van der Waals surface area contributed by atoms with Crippen molar-refractivity contribution in [3.05, 3.63) is 46.9 Å². The Balaban J connectivity index is 1.38. The number of phenolic OH excluding ortho intramolecular Hbond substituents is 1. The van der Waals surface area contributed by atoms with Gasteiger partial charge in [-0.3, -0.25) is 4.57 Å². The number of aryl methyl sites for hydroxylation is 1. The molecule has 2 N–H and O–H groups in total. The summed E-state index contributed by atoms with van der Waals surface area (Å²) in [4.78, 5) is 21.6. The second-order valence-corrected chi connectivity index (χ2v) is 9.67. The first-order chi connectivity index (χ1) is 16.7. The fraction of sp³-hybridized carbons (Fsp3) is 0.458. The third-order valence-electron chi connectivity index (χ3n) is 7.22. The molecule has 11 heteroatoms. The summed E-state index contributed by atoms with van der Waals surface area (Å²) in [6, 6.07) is 4.25. The Kier molecular flexibility index (Phi) is 5.74. The van der Waals surface area contributed by atoms with E-state index in [0.717, 1.165) is 30.0 Å². The molecule has 2 aromatic heterocycles. The maximum Gasteiger partial charge on any atom is 0.348 e. The predicted octanol–water partition coefficient (Wildman–Crippen LogP) is 2.59. The van der Waals surface area contributed by atoms with Gasteiger partial charge in [-0.2, -0.15) is 4.98 Å². The summed E-state index contributed by atoms with van der Waals surface area (Å²) in [7, 11) is 3.20. The van der Waals surface area contributed by atoms with Crippen LogP contribution in [-0.4, -0.2) is 60.7 Å². The van der Waals surface area contributed by atoms with Crippen LogP contribution in [0.2, 0.25) is 0 Å². The molecule has 1 aromatic carbocycles. The first-order valence-corrected chi connectivity index (χ1v) is 11.6. The standard InChI is InChI=1S/C24H27F2N7O2/c1-24-8-4-5-14(29-24)10-17(21(24)26)33(3)19-11-27-22(31-30-19)15-7-6-13(9-18(15)34)20-16(25)12-32(2)23(35)28-20/h6-7,9,11-12,14,17,21,29,34H,4-5,8,10H2,1-3H3/t14-,17-,21-,24+/m0/s1. The van der Waals surface area contributed by atoms with Crippen molar-refractivity contribution in [1.29, 1.82) is 0 Å². The first kappa shape index (κ1) is 23.3. The molecule has 2 aliphatic rings. The Hall–Kier alpha value is -3.47. The topological polar surface area (TPSA) is 109 Å². The van der Waals surface area contributed by atoms with Crippen LogP contribution in [0.15, 0.2) is 35.4 Å². The number of anilines is 1. The summed E-state index contributed by atoms with van der Waals surface area (Å²) in [6.07, 6.45) is 5.00. The van der Waals surface area contributed by atoms with Gasteiger partial charge in [0.2, 0.25) is 0 Å². The van der Waals surface area contributed by atoms with Crippen LogP contribution in [-0.2, 0) is 7.05 Å². The van der Waals surface area contributed by atoms with Crippen molar-refractivity contribution in [2.45, 2.75) is 56.4 Å². The smallest absolute Gasteiger partial charge is 0.348 e. The quantitative estimate of drug-likeness (QED) is 0.583. The first-order valence-electron chi connectivity index (χ1n) is 11.6. The molecule has 0 aliphatic carbocycles. The van der Waals surface area contributed by atoms with Crippen molar-refractivity contribution in [3.8, 4) is 28.4 Å². The molecule has 2 fully saturated rings. The summed E-state index contributed by atoms with van der Waals surface area (Å²) >= 11 is 0. The average molecular weight is 484 g/mol. The number of rotatable bonds is 4. The number of alkyl halides is 1. The van der Waals surface area contributed by atoms with E-state index in [9.17, 15) is 14.3 Å². The average Bonchev–Trinajstić information content (AvgIpc) is 2.83. The van der Waals surface area contributed by atoms with E-state index in [-0.39, 0.29) is 40.5 Å². The van der Waals surface area contributed by atoms with Gasteiger partial charge < -0.3 is 15.3 Å². The molecule has 9 nitrogen and oxygen atoms in total. The van der Waals surface area contributed by atoms with E-state index in [1.54, 1.807) is 11.9 Å². The van der Waals surface area contributed by atoms with Gasteiger partial charge in [0, 0.05) is 37.4 Å². The maximum atomic E-state index is 15.4. The molecule has 0 saturated carbocycles. The Bertz CT molecular complexity index is 1320. The van der Waals surface area contributed by atoms with Gasteiger partial charge in [-0.1, -0.05) is 6.07 Å². The van der Waals surface area contributed by atoms with Crippen molar-refractivity contribution in [2.24, 2.45) is 7.05 Å². The number of nitrogens with one attached hydrogen (secondary N) is 1. The second-order valence-electron chi connectivity index (χ2n) is 9.67. The third-order valence-corrected chi connectivity index (χ3v) is 7.22. The molecule has 2 aliphatic heterocycles. The van der Waals surface area contributed by atoms with Crippen LogP contribution in [0.4, 0.5) is 14.6 Å². The number of halogens is 2. The number of piperidine rings is 2. The van der Waals surface area contributed by atoms with Gasteiger partial charge in [0.05, 0.1) is 17.8 Å². The molecule has 184 valence electrons. The van der Waals surface area contributed by atoms with E-state index < -0.39 is 23.2 Å². The Morgan fingerprint density at radius 1 is 1.31 bits per heavy atom. The van der Waals surface area contributed by atoms with Gasteiger partial charge in [-0.15, -0.1) is 10.2 Å². The van der Waals surface area contributed by atoms with E-state index in [4.69, 9.17) is 0 Å². The van der Waals surface area contributed by atoms with E-state index in [1.807, 2.05) is 6.92 Å². The van der Waals surface area contributed by atoms with Crippen LogP contribution in [0.1, 0.15) is 32.6 Å². The highest BCUT2D eigenvalue weighted by Gasteiger charge is 2.49. The Morgan fingerprint density at radius 2 is 2.11 bits per heavy atom. The summed E-state index contributed by atoms with van der Waals surface area (Å²) in [5.41, 5.74) is -0.797. The minimum Gasteiger partial charge on any atom is -0.507 e. The molecule has 0 spiro atoms. The van der Waals surface area contributed by atoms with Crippen LogP contribution in [0.3, 0.4) is 0 Å². The molecule has 3 aromatic rings. The molecule has 0 amide bonds. The Labute approximate surface area is 200 Å². The monoisotopic (exact) mass is 483 g/mol. The highest BCUT2D eigenvalue weighted by Crippen LogP contribution is 2.38. The number of aromatic nitrogens is 5. The summed E-state index contributed by atoms with van der Waals surface area (Å²) < 4.78 is 30.8. The van der Waals surface area contributed by atoms with Gasteiger partial charge in [0.15, 0.2) is 17.5 Å². The zero-order valence-corrected chi connectivity index (χ0v) is 19.7. The normalized spacial score (nSPS) is 25.9. The van der Waals surface area contributed by atoms with Crippen molar-refractivity contribution in [2.75, 3.05) is 11.9 Å². The number of hydrogen-bond donors (Lipinski definition) is 2. The molecule has 2 bridgehead atoms. The number of benzene rings is 1. The Morgan fingerprint density at radius 3 is 2.83 bits per heavy atom. The van der Waals surface area contributed by atoms with Crippen LogP contribution < -0.4 is 15.9 Å². The number of hydrogen-bond acceptors (Lipinski definition) is 8. The molecular weight excluding hydrogens is 456 g/mol. The maximum absolute atomic E-state index is 15.4. The number of phenols is 1. The number of nitrogens with zero attached hydrogens (tertiary/aromatic N) is 6. The number of aromatic hydroxyl groups is 1. The summed E-state index contributed by atoms with van der Waals surface area (Å²) in [5, 5.41) is 22.4. The lowest BCUT2D eigenvalue weighted by atomic mass is 9.73. The summed E-state index contributed by atoms with van der Waals surface area (Å²) in [5.74, 6) is -0.302. The molecule has 0 unspecified atom stereocenters. The second kappa shape index (κ2) is 8.63. The lowest BCUT2D eigenvalue weighted by molar-refractivity contribution is 0.0405. The lowest BCUT2D eigenvalue weighted by Gasteiger charge is -2.52. The molecule has 4 heterocycles. The fourth-order valence-electron chi connectivity index (χ4n) is 5.22. The molecule has 4 atom stereocenters. The van der Waals surface area contributed by atoms with Crippen LogP contribution in [0.5, 0.6) is 5.75 Å². The van der Waals surface area contributed by atoms with E-state index >= 15 is 4.39 Å². The van der Waals surface area contributed by atoms with Crippen LogP contribution in [0, 0.1) is 5.82 Å². The minimum atomic E-state index is -1.06. The SMILES string of the molecule is CN(c1cnc(-c2ccc(-c3nc(=O)n(C)cc3F)cc2O)nn1)[C@H]1C[C@@H]2CCC[C@@](C)(N2)[C@H]1F. The molecule has 0 radical (unpaired) electrons. The summed E-state index contributed by atoms with van der Waals surface area (Å²) in [6.45, 7) is 1.94. The van der Waals surface area contributed by atoms with Crippen LogP contribution in [0.25, 0.3) is 22.6 Å². The third kappa shape index (κ3) is 4.13. The zero-order valence-electron chi connectivity index (χ0n) is 19.7. The van der Waals surface area contributed by atoms with Gasteiger partial charge in [-0.05, 0) is 44.7 Å². The van der Waals surface area contributed by atoms with Crippen LogP contribution >= 0.6 is 0 Å². The highest BCUT2D eigenvalue weighted by molar-refractivity contribution is 5.71. The van der Waals surface area contributed by atoms with Gasteiger partial charge in [-0.25, -0.2) is 18.6 Å². The predicted molar refractivity (Wildman–Crippen MR) is 126 cm³/mol. The molecule has 35 heavy (non-hydrogen) atoms. The number of fused-ring (bicyclic) bond motifs is 2.